The number of aliphatic carboxylic acids is 1. The van der Waals surface area contributed by atoms with Gasteiger partial charge in [-0.25, -0.2) is 0 Å². The SMILES string of the molecule is C[C-]([NH3+])C(=O)N[C-](C)C(=O)[O-].[W].[Y]. The van der Waals surface area contributed by atoms with Crippen molar-refractivity contribution in [1.29, 1.82) is 0 Å². The van der Waals surface area contributed by atoms with Crippen molar-refractivity contribution in [3.63, 3.8) is 0 Å². The Bertz CT molecular complexity index is 177. The fraction of sp³-hybridized carbons (Fsp3) is 0.333. The van der Waals surface area contributed by atoms with Crippen LogP contribution in [0, 0.1) is 12.1 Å². The van der Waals surface area contributed by atoms with E-state index in [4.69, 9.17) is 0 Å². The van der Waals surface area contributed by atoms with Crippen molar-refractivity contribution in [3.8, 4) is 0 Å². The largest absolute Gasteiger partial charge is 0.582 e. The van der Waals surface area contributed by atoms with E-state index in [2.05, 4.69) is 11.1 Å². The summed E-state index contributed by atoms with van der Waals surface area (Å²) in [4.78, 5) is 20.8. The van der Waals surface area contributed by atoms with Crippen molar-refractivity contribution < 1.29 is 74.2 Å². The number of hydrogen-bond acceptors (Lipinski definition) is 3. The molecule has 0 aliphatic carbocycles. The van der Waals surface area contributed by atoms with Crippen LogP contribution in [0.2, 0.25) is 0 Å². The molecular weight excluding hydrogens is 421 g/mol. The summed E-state index contributed by atoms with van der Waals surface area (Å²) in [7, 11) is 0. The first-order valence-electron chi connectivity index (χ1n) is 2.97. The van der Waals surface area contributed by atoms with Gasteiger partial charge in [0.15, 0.2) is 0 Å². The molecule has 1 amide bonds. The minimum absolute atomic E-state index is 0. The van der Waals surface area contributed by atoms with Gasteiger partial charge in [-0.2, -0.15) is 6.92 Å². The molecule has 13 heavy (non-hydrogen) atoms. The molecule has 0 aliphatic rings. The van der Waals surface area contributed by atoms with Crippen LogP contribution in [-0.2, 0) is 63.4 Å². The predicted molar refractivity (Wildman–Crippen MR) is 33.9 cm³/mol. The van der Waals surface area contributed by atoms with Crippen LogP contribution >= 0.6 is 0 Å². The van der Waals surface area contributed by atoms with Gasteiger partial charge >= 0.3 is 0 Å². The average molecular weight is 431 g/mol. The molecule has 0 aliphatic heterocycles. The molecular formula is C6H10N2O3WY-2. The Morgan fingerprint density at radius 1 is 1.38 bits per heavy atom. The number of carboxylic acids is 1. The zero-order chi connectivity index (χ0) is 9.02. The fourth-order valence-electron chi connectivity index (χ4n) is 0.328. The molecule has 0 saturated heterocycles. The first kappa shape index (κ1) is 19.1. The predicted octanol–water partition coefficient (Wildman–Crippen LogP) is -2.81. The number of carboxylic acid groups (broad SMARTS) is 1. The van der Waals surface area contributed by atoms with Crippen LogP contribution in [0.4, 0.5) is 0 Å². The van der Waals surface area contributed by atoms with Crippen LogP contribution in [0.15, 0.2) is 0 Å². The Morgan fingerprint density at radius 2 is 1.77 bits per heavy atom. The number of amides is 1. The van der Waals surface area contributed by atoms with E-state index < -0.39 is 11.9 Å². The van der Waals surface area contributed by atoms with Crippen molar-refractivity contribution in [1.82, 2.24) is 5.32 Å². The first-order chi connectivity index (χ1) is 4.95. The molecule has 0 fully saturated rings. The molecule has 0 aromatic carbocycles. The zero-order valence-electron chi connectivity index (χ0n) is 7.42. The van der Waals surface area contributed by atoms with Gasteiger partial charge in [-0.15, -0.1) is 13.0 Å². The van der Waals surface area contributed by atoms with Gasteiger partial charge in [-0.3, -0.25) is 6.04 Å². The summed E-state index contributed by atoms with van der Waals surface area (Å²) in [6, 6.07) is 0.0450. The van der Waals surface area contributed by atoms with E-state index in [0.717, 1.165) is 0 Å². The second-order valence-electron chi connectivity index (χ2n) is 2.15. The summed E-state index contributed by atoms with van der Waals surface area (Å²) >= 11 is 0. The Balaban J connectivity index is -0.000000500. The molecule has 7 heteroatoms. The van der Waals surface area contributed by atoms with Crippen LogP contribution in [0.3, 0.4) is 0 Å². The molecule has 0 bridgehead atoms. The number of carbonyl (C=O) groups is 2. The molecule has 0 aromatic rings. The van der Waals surface area contributed by atoms with Crippen LogP contribution < -0.4 is 16.2 Å². The van der Waals surface area contributed by atoms with Crippen LogP contribution in [-0.4, -0.2) is 11.9 Å². The van der Waals surface area contributed by atoms with Crippen molar-refractivity contribution in [3.05, 3.63) is 12.1 Å². The summed E-state index contributed by atoms with van der Waals surface area (Å²) in [6.45, 7) is 2.73. The van der Waals surface area contributed by atoms with E-state index >= 15 is 0 Å². The Morgan fingerprint density at radius 3 is 2.00 bits per heavy atom. The first-order valence-corrected chi connectivity index (χ1v) is 2.97. The molecule has 5 nitrogen and oxygen atoms in total. The zero-order valence-corrected chi connectivity index (χ0v) is 13.2. The van der Waals surface area contributed by atoms with E-state index in [0.29, 0.717) is 0 Å². The maximum Gasteiger partial charge on any atom is 0.112 e. The molecule has 1 radical (unpaired) electrons. The van der Waals surface area contributed by atoms with Gasteiger partial charge in [-0.05, 0) is 0 Å². The fourth-order valence-corrected chi connectivity index (χ4v) is 0.328. The number of hydrogen-bond donors (Lipinski definition) is 2. The Hall–Kier alpha value is 0.432. The third-order valence-corrected chi connectivity index (χ3v) is 0.995. The van der Waals surface area contributed by atoms with Crippen molar-refractivity contribution in [2.24, 2.45) is 0 Å². The van der Waals surface area contributed by atoms with E-state index in [-0.39, 0.29) is 65.9 Å². The van der Waals surface area contributed by atoms with Crippen molar-refractivity contribution >= 4 is 11.9 Å². The van der Waals surface area contributed by atoms with Crippen molar-refractivity contribution in [2.45, 2.75) is 13.8 Å². The number of nitrogens with one attached hydrogen (secondary N) is 1. The van der Waals surface area contributed by atoms with E-state index in [1.165, 1.54) is 13.8 Å². The minimum atomic E-state index is -1.39. The molecule has 73 valence electrons. The third kappa shape index (κ3) is 8.75. The summed E-state index contributed by atoms with van der Waals surface area (Å²) in [5.41, 5.74) is 3.33. The summed E-state index contributed by atoms with van der Waals surface area (Å²) in [6.07, 6.45) is 0. The van der Waals surface area contributed by atoms with Crippen LogP contribution in [0.25, 0.3) is 0 Å². The van der Waals surface area contributed by atoms with Gasteiger partial charge in [0, 0.05) is 53.8 Å². The van der Waals surface area contributed by atoms with E-state index in [9.17, 15) is 14.7 Å². The van der Waals surface area contributed by atoms with Gasteiger partial charge < -0.3 is 25.7 Å². The number of carbonyl (C=O) groups excluding carboxylic acids is 2. The van der Waals surface area contributed by atoms with E-state index in [1.807, 2.05) is 0 Å². The molecule has 0 atom stereocenters. The van der Waals surface area contributed by atoms with Gasteiger partial charge in [0.05, 0.1) is 0 Å². The topological polar surface area (TPSA) is 96.9 Å². The second kappa shape index (κ2) is 9.01. The van der Waals surface area contributed by atoms with Gasteiger partial charge in [0.2, 0.25) is 0 Å². The summed E-state index contributed by atoms with van der Waals surface area (Å²) < 4.78 is 0. The molecule has 0 rings (SSSR count). The molecule has 0 saturated carbocycles. The maximum absolute atomic E-state index is 10.7. The van der Waals surface area contributed by atoms with Gasteiger partial charge in [0.25, 0.3) is 0 Å². The smallest absolute Gasteiger partial charge is 0.112 e. The Kier molecular flexibility index (Phi) is 13.2. The number of quaternary nitrogens is 1. The number of rotatable bonds is 3. The molecule has 0 spiro atoms. The van der Waals surface area contributed by atoms with Crippen molar-refractivity contribution in [2.75, 3.05) is 0 Å². The molecule has 0 heterocycles. The molecule has 0 aromatic heterocycles. The van der Waals surface area contributed by atoms with Crippen LogP contribution in [0.5, 0.6) is 0 Å². The second-order valence-corrected chi connectivity index (χ2v) is 2.15. The molecule has 4 N–H and O–H groups in total. The third-order valence-electron chi connectivity index (χ3n) is 0.995. The van der Waals surface area contributed by atoms with Gasteiger partial charge in [-0.1, -0.05) is 5.97 Å². The summed E-state index contributed by atoms with van der Waals surface area (Å²) in [5.74, 6) is -1.90. The maximum atomic E-state index is 10.7. The molecule has 0 unspecified atom stereocenters. The summed E-state index contributed by atoms with van der Waals surface area (Å²) in [5, 5.41) is 12.2. The van der Waals surface area contributed by atoms with Gasteiger partial charge in [0.1, 0.15) is 5.91 Å². The normalized spacial score (nSPS) is 7.31. The quantitative estimate of drug-likeness (QED) is 0.473. The Labute approximate surface area is 116 Å². The van der Waals surface area contributed by atoms with Crippen LogP contribution in [0.1, 0.15) is 13.8 Å². The van der Waals surface area contributed by atoms with E-state index in [1.54, 1.807) is 0 Å². The standard InChI is InChI=1S/C6H11N2O3.W.Y/c1-3(7)5(9)8-4(2)6(10)11;;/h1-2,7H3,(H,8,9)(H,10,11);;/q-1;;/p-1. The monoisotopic (exact) mass is 431 g/mol. The minimum Gasteiger partial charge on any atom is -0.582 e. The average Bonchev–Trinajstić information content (AvgIpc) is 1.87.